The van der Waals surface area contributed by atoms with E-state index in [2.05, 4.69) is 68.8 Å². The maximum absolute atomic E-state index is 11.7. The molecule has 1 aromatic rings. The average Bonchev–Trinajstić information content (AvgIpc) is 3.08. The Kier molecular flexibility index (Phi) is 8.12. The first-order valence-corrected chi connectivity index (χ1v) is 11.4. The third-order valence-corrected chi connectivity index (χ3v) is 7.04. The van der Waals surface area contributed by atoms with Crippen LogP contribution in [0.2, 0.25) is 0 Å². The van der Waals surface area contributed by atoms with Gasteiger partial charge in [-0.1, -0.05) is 33.3 Å². The van der Waals surface area contributed by atoms with Crippen LogP contribution < -0.4 is 0 Å². The summed E-state index contributed by atoms with van der Waals surface area (Å²) < 4.78 is 0. The van der Waals surface area contributed by atoms with E-state index in [-0.39, 0.29) is 11.3 Å². The van der Waals surface area contributed by atoms with Crippen LogP contribution in [-0.4, -0.2) is 48.1 Å². The Hall–Kier alpha value is -1.59. The van der Waals surface area contributed by atoms with Crippen LogP contribution in [0, 0.1) is 17.3 Å². The number of rotatable bonds is 7. The zero-order valence-corrected chi connectivity index (χ0v) is 20.0. The minimum Gasteiger partial charge on any atom is -0.481 e. The van der Waals surface area contributed by atoms with Crippen molar-refractivity contribution in [1.29, 1.82) is 0 Å². The summed E-state index contributed by atoms with van der Waals surface area (Å²) in [5.74, 6) is -0.528. The molecule has 1 saturated heterocycles. The van der Waals surface area contributed by atoms with Gasteiger partial charge in [0.05, 0.1) is 5.92 Å². The molecule has 29 heavy (non-hydrogen) atoms. The average molecular weight is 419 g/mol. The molecule has 0 aromatic carbocycles. The highest BCUT2D eigenvalue weighted by Crippen LogP contribution is 2.37. The van der Waals surface area contributed by atoms with Gasteiger partial charge in [-0.2, -0.15) is 0 Å². The first-order valence-electron chi connectivity index (χ1n) is 10.6. The van der Waals surface area contributed by atoms with Gasteiger partial charge in [0, 0.05) is 43.5 Å². The molecule has 0 spiro atoms. The van der Waals surface area contributed by atoms with Gasteiger partial charge in [0.1, 0.15) is 0 Å². The van der Waals surface area contributed by atoms with Crippen LogP contribution in [0.25, 0.3) is 5.57 Å². The third kappa shape index (κ3) is 6.71. The second-order valence-electron chi connectivity index (χ2n) is 9.62. The van der Waals surface area contributed by atoms with Gasteiger partial charge in [-0.15, -0.1) is 11.3 Å². The Bertz CT molecular complexity index is 755. The molecule has 0 bridgehead atoms. The Labute approximate surface area is 180 Å². The minimum absolute atomic E-state index is 0.123. The summed E-state index contributed by atoms with van der Waals surface area (Å²) in [6, 6.07) is 4.43. The number of carboxylic acid groups (broad SMARTS) is 1. The number of hydrogen-bond acceptors (Lipinski definition) is 4. The van der Waals surface area contributed by atoms with Gasteiger partial charge in [0.25, 0.3) is 0 Å². The number of thiophene rings is 1. The van der Waals surface area contributed by atoms with Gasteiger partial charge < -0.3 is 10.0 Å². The number of piperidine rings is 1. The molecular formula is C24H38N2O2S. The standard InChI is InChI=1S/C24H38N2O2S/c1-8-17(2)21(11-12-25(6)7)22-10-9-20(29-22)16-26-14-18(23(27)28)13-19(15-26)24(3,4)5/h9-12,18-19H,8,13-16H2,1-7H3,(H,27,28)/b12-11-,21-17?. The van der Waals surface area contributed by atoms with Crippen molar-refractivity contribution in [2.45, 2.75) is 54.0 Å². The van der Waals surface area contributed by atoms with Crippen LogP contribution in [0.1, 0.15) is 57.2 Å². The normalized spacial score (nSPS) is 22.0. The molecule has 0 aliphatic carbocycles. The molecule has 1 fully saturated rings. The maximum Gasteiger partial charge on any atom is 0.307 e. The molecular weight excluding hydrogens is 380 g/mol. The predicted octanol–water partition coefficient (Wildman–Crippen LogP) is 5.58. The third-order valence-electron chi connectivity index (χ3n) is 5.94. The lowest BCUT2D eigenvalue weighted by Gasteiger charge is -2.42. The van der Waals surface area contributed by atoms with E-state index in [4.69, 9.17) is 0 Å². The zero-order chi connectivity index (χ0) is 21.8. The topological polar surface area (TPSA) is 43.8 Å². The molecule has 1 N–H and O–H groups in total. The van der Waals surface area contributed by atoms with Gasteiger partial charge in [-0.3, -0.25) is 9.69 Å². The molecule has 1 aliphatic heterocycles. The van der Waals surface area contributed by atoms with Crippen molar-refractivity contribution in [3.05, 3.63) is 39.7 Å². The number of allylic oxidation sites excluding steroid dienone is 3. The molecule has 2 rings (SSSR count). The summed E-state index contributed by atoms with van der Waals surface area (Å²) in [6.45, 7) is 13.5. The van der Waals surface area contributed by atoms with E-state index in [1.807, 2.05) is 25.4 Å². The SMILES string of the molecule is CCC(C)=C(/C=C\N(C)C)c1ccc(CN2CC(C(=O)O)CC(C(C)(C)C)C2)s1. The molecule has 2 heterocycles. The maximum atomic E-state index is 11.7. The van der Waals surface area contributed by atoms with Crippen LogP contribution in [-0.2, 0) is 11.3 Å². The Morgan fingerprint density at radius 1 is 1.31 bits per heavy atom. The van der Waals surface area contributed by atoms with Crippen LogP contribution in [0.5, 0.6) is 0 Å². The summed E-state index contributed by atoms with van der Waals surface area (Å²) in [5, 5.41) is 9.63. The molecule has 4 nitrogen and oxygen atoms in total. The van der Waals surface area contributed by atoms with Crippen molar-refractivity contribution >= 4 is 22.9 Å². The molecule has 1 aromatic heterocycles. The number of hydrogen-bond donors (Lipinski definition) is 1. The largest absolute Gasteiger partial charge is 0.481 e. The van der Waals surface area contributed by atoms with Crippen LogP contribution >= 0.6 is 11.3 Å². The quantitative estimate of drug-likeness (QED) is 0.587. The van der Waals surface area contributed by atoms with E-state index in [0.29, 0.717) is 12.5 Å². The summed E-state index contributed by atoms with van der Waals surface area (Å²) in [4.78, 5) is 18.7. The monoisotopic (exact) mass is 418 g/mol. The lowest BCUT2D eigenvalue weighted by molar-refractivity contribution is -0.145. The van der Waals surface area contributed by atoms with Gasteiger partial charge in [-0.25, -0.2) is 0 Å². The number of carbonyl (C=O) groups is 1. The lowest BCUT2D eigenvalue weighted by atomic mass is 9.73. The van der Waals surface area contributed by atoms with Crippen LogP contribution in [0.15, 0.2) is 30.0 Å². The van der Waals surface area contributed by atoms with E-state index in [0.717, 1.165) is 25.9 Å². The van der Waals surface area contributed by atoms with Crippen molar-refractivity contribution in [2.24, 2.45) is 17.3 Å². The molecule has 0 saturated carbocycles. The van der Waals surface area contributed by atoms with Gasteiger partial charge in [-0.05, 0) is 61.1 Å². The van der Waals surface area contributed by atoms with Crippen molar-refractivity contribution in [3.8, 4) is 0 Å². The highest BCUT2D eigenvalue weighted by molar-refractivity contribution is 7.13. The lowest BCUT2D eigenvalue weighted by Crippen LogP contribution is -2.46. The fourth-order valence-electron chi connectivity index (χ4n) is 3.80. The highest BCUT2D eigenvalue weighted by Gasteiger charge is 2.37. The van der Waals surface area contributed by atoms with Crippen molar-refractivity contribution in [3.63, 3.8) is 0 Å². The van der Waals surface area contributed by atoms with E-state index >= 15 is 0 Å². The van der Waals surface area contributed by atoms with Crippen molar-refractivity contribution < 1.29 is 9.90 Å². The smallest absolute Gasteiger partial charge is 0.307 e. The van der Waals surface area contributed by atoms with Crippen LogP contribution in [0.4, 0.5) is 0 Å². The molecule has 162 valence electrons. The predicted molar refractivity (Wildman–Crippen MR) is 124 cm³/mol. The van der Waals surface area contributed by atoms with Crippen LogP contribution in [0.3, 0.4) is 0 Å². The Balaban J connectivity index is 2.20. The van der Waals surface area contributed by atoms with Crippen molar-refractivity contribution in [1.82, 2.24) is 9.80 Å². The van der Waals surface area contributed by atoms with E-state index in [1.54, 1.807) is 0 Å². The van der Waals surface area contributed by atoms with Gasteiger partial charge in [0.15, 0.2) is 0 Å². The first kappa shape index (κ1) is 23.7. The molecule has 0 amide bonds. The highest BCUT2D eigenvalue weighted by atomic mass is 32.1. The fourth-order valence-corrected chi connectivity index (χ4v) is 4.96. The van der Waals surface area contributed by atoms with E-state index in [9.17, 15) is 9.90 Å². The molecule has 1 aliphatic rings. The summed E-state index contributed by atoms with van der Waals surface area (Å²) in [7, 11) is 4.08. The minimum atomic E-state index is -0.659. The fraction of sp³-hybridized carbons (Fsp3) is 0.625. The zero-order valence-electron chi connectivity index (χ0n) is 19.2. The van der Waals surface area contributed by atoms with Crippen molar-refractivity contribution in [2.75, 3.05) is 27.2 Å². The number of likely N-dealkylation sites (tertiary alicyclic amines) is 1. The number of carboxylic acids is 1. The molecule has 2 atom stereocenters. The summed E-state index contributed by atoms with van der Waals surface area (Å²) in [5.41, 5.74) is 2.80. The molecule has 5 heteroatoms. The second-order valence-corrected chi connectivity index (χ2v) is 10.8. The number of nitrogens with zero attached hydrogens (tertiary/aromatic N) is 2. The van der Waals surface area contributed by atoms with E-state index < -0.39 is 5.97 Å². The van der Waals surface area contributed by atoms with E-state index in [1.165, 1.54) is 20.9 Å². The first-order chi connectivity index (χ1) is 13.5. The van der Waals surface area contributed by atoms with Gasteiger partial charge >= 0.3 is 5.97 Å². The Morgan fingerprint density at radius 2 is 2.00 bits per heavy atom. The van der Waals surface area contributed by atoms with Gasteiger partial charge in [0.2, 0.25) is 0 Å². The summed E-state index contributed by atoms with van der Waals surface area (Å²) in [6.07, 6.45) is 6.11. The molecule has 2 unspecified atom stereocenters. The number of aliphatic carboxylic acids is 1. The molecule has 0 radical (unpaired) electrons. The Morgan fingerprint density at radius 3 is 2.55 bits per heavy atom. The second kappa shape index (κ2) is 9.94. The summed E-state index contributed by atoms with van der Waals surface area (Å²) >= 11 is 1.83.